The molecule has 0 amide bonds. The maximum absolute atomic E-state index is 5.60. The highest BCUT2D eigenvalue weighted by atomic mass is 16.5. The van der Waals surface area contributed by atoms with Crippen LogP contribution in [0.5, 0.6) is 11.5 Å². The number of anilines is 3. The molecule has 1 aromatic heterocycles. The highest BCUT2D eigenvalue weighted by Gasteiger charge is 2.07. The number of ether oxygens (including phenoxy) is 2. The summed E-state index contributed by atoms with van der Waals surface area (Å²) in [4.78, 5) is 8.39. The van der Waals surface area contributed by atoms with Crippen molar-refractivity contribution in [3.63, 3.8) is 0 Å². The van der Waals surface area contributed by atoms with Crippen LogP contribution < -0.4 is 20.1 Å². The molecular formula is C15H20N4O2. The van der Waals surface area contributed by atoms with Gasteiger partial charge in [-0.1, -0.05) is 0 Å². The van der Waals surface area contributed by atoms with E-state index in [4.69, 9.17) is 9.47 Å². The molecule has 0 aliphatic heterocycles. The molecule has 112 valence electrons. The molecule has 0 fully saturated rings. The van der Waals surface area contributed by atoms with E-state index >= 15 is 0 Å². The van der Waals surface area contributed by atoms with Crippen LogP contribution in [0.25, 0.3) is 0 Å². The third kappa shape index (κ3) is 3.98. The van der Waals surface area contributed by atoms with E-state index in [0.29, 0.717) is 30.7 Å². The molecule has 21 heavy (non-hydrogen) atoms. The summed E-state index contributed by atoms with van der Waals surface area (Å²) in [6, 6.07) is 7.51. The van der Waals surface area contributed by atoms with Crippen molar-refractivity contribution in [1.82, 2.24) is 9.97 Å². The Labute approximate surface area is 124 Å². The van der Waals surface area contributed by atoms with E-state index in [-0.39, 0.29) is 0 Å². The minimum atomic E-state index is 0.566. The zero-order valence-electron chi connectivity index (χ0n) is 12.5. The molecule has 0 saturated carbocycles. The molecule has 2 rings (SSSR count). The SMILES string of the molecule is CCOc1ccc(Nc2ccnc(NC)n2)cc1OCC. The number of hydrogen-bond donors (Lipinski definition) is 2. The zero-order valence-corrected chi connectivity index (χ0v) is 12.5. The molecule has 0 radical (unpaired) electrons. The highest BCUT2D eigenvalue weighted by molar-refractivity contribution is 5.61. The second kappa shape index (κ2) is 7.33. The molecule has 6 heteroatoms. The summed E-state index contributed by atoms with van der Waals surface area (Å²) < 4.78 is 11.1. The molecule has 0 aliphatic carbocycles. The van der Waals surface area contributed by atoms with Gasteiger partial charge in [-0.25, -0.2) is 4.98 Å². The number of benzene rings is 1. The molecule has 0 saturated heterocycles. The quantitative estimate of drug-likeness (QED) is 0.816. The van der Waals surface area contributed by atoms with Crippen LogP contribution in [0.15, 0.2) is 30.5 Å². The highest BCUT2D eigenvalue weighted by Crippen LogP contribution is 2.31. The van der Waals surface area contributed by atoms with Crippen molar-refractivity contribution in [2.75, 3.05) is 30.9 Å². The average molecular weight is 288 g/mol. The van der Waals surface area contributed by atoms with E-state index in [1.807, 2.05) is 32.0 Å². The zero-order chi connectivity index (χ0) is 15.1. The van der Waals surface area contributed by atoms with Crippen LogP contribution in [-0.4, -0.2) is 30.2 Å². The molecule has 0 unspecified atom stereocenters. The summed E-state index contributed by atoms with van der Waals surface area (Å²) in [7, 11) is 1.78. The summed E-state index contributed by atoms with van der Waals surface area (Å²) in [5.74, 6) is 2.73. The molecule has 0 aliphatic rings. The summed E-state index contributed by atoms with van der Waals surface area (Å²) in [5, 5.41) is 6.12. The van der Waals surface area contributed by atoms with E-state index in [0.717, 1.165) is 11.4 Å². The number of rotatable bonds is 7. The van der Waals surface area contributed by atoms with Gasteiger partial charge in [-0.15, -0.1) is 0 Å². The summed E-state index contributed by atoms with van der Waals surface area (Å²) in [6.45, 7) is 5.08. The fourth-order valence-electron chi connectivity index (χ4n) is 1.83. The number of aromatic nitrogens is 2. The van der Waals surface area contributed by atoms with Crippen LogP contribution in [0.3, 0.4) is 0 Å². The second-order valence-electron chi connectivity index (χ2n) is 4.17. The minimum absolute atomic E-state index is 0.566. The Morgan fingerprint density at radius 2 is 1.81 bits per heavy atom. The molecule has 2 aromatic rings. The first kappa shape index (κ1) is 14.9. The Balaban J connectivity index is 2.21. The Morgan fingerprint density at radius 3 is 2.52 bits per heavy atom. The predicted molar refractivity (Wildman–Crippen MR) is 83.6 cm³/mol. The normalized spacial score (nSPS) is 10.0. The first-order valence-corrected chi connectivity index (χ1v) is 6.94. The van der Waals surface area contributed by atoms with Gasteiger partial charge in [-0.2, -0.15) is 4.98 Å². The Bertz CT molecular complexity index is 590. The molecule has 6 nitrogen and oxygen atoms in total. The molecule has 0 bridgehead atoms. The van der Waals surface area contributed by atoms with E-state index < -0.39 is 0 Å². The number of nitrogens with one attached hydrogen (secondary N) is 2. The Hall–Kier alpha value is -2.50. The van der Waals surface area contributed by atoms with Crippen LogP contribution >= 0.6 is 0 Å². The second-order valence-corrected chi connectivity index (χ2v) is 4.17. The van der Waals surface area contributed by atoms with Crippen LogP contribution in [0.4, 0.5) is 17.5 Å². The Morgan fingerprint density at radius 1 is 1.05 bits per heavy atom. The molecule has 1 aromatic carbocycles. The van der Waals surface area contributed by atoms with Gasteiger partial charge in [0.1, 0.15) is 5.82 Å². The van der Waals surface area contributed by atoms with Gasteiger partial charge in [-0.3, -0.25) is 0 Å². The smallest absolute Gasteiger partial charge is 0.224 e. The van der Waals surface area contributed by atoms with Gasteiger partial charge in [0.2, 0.25) is 5.95 Å². The lowest BCUT2D eigenvalue weighted by Crippen LogP contribution is -2.01. The average Bonchev–Trinajstić information content (AvgIpc) is 2.50. The van der Waals surface area contributed by atoms with E-state index in [1.54, 1.807) is 19.3 Å². The molecule has 1 heterocycles. The molecule has 2 N–H and O–H groups in total. The van der Waals surface area contributed by atoms with E-state index in [9.17, 15) is 0 Å². The molecular weight excluding hydrogens is 268 g/mol. The summed E-state index contributed by atoms with van der Waals surface area (Å²) >= 11 is 0. The maximum atomic E-state index is 5.60. The standard InChI is InChI=1S/C15H20N4O2/c1-4-20-12-7-6-11(10-13(12)21-5-2)18-14-8-9-17-15(16-3)19-14/h6-10H,4-5H2,1-3H3,(H2,16,17,18,19). The van der Waals surface area contributed by atoms with Crippen molar-refractivity contribution in [2.24, 2.45) is 0 Å². The van der Waals surface area contributed by atoms with E-state index in [1.165, 1.54) is 0 Å². The van der Waals surface area contributed by atoms with Crippen molar-refractivity contribution in [2.45, 2.75) is 13.8 Å². The lowest BCUT2D eigenvalue weighted by atomic mass is 10.2. The van der Waals surface area contributed by atoms with Crippen molar-refractivity contribution in [1.29, 1.82) is 0 Å². The fraction of sp³-hybridized carbons (Fsp3) is 0.333. The fourth-order valence-corrected chi connectivity index (χ4v) is 1.83. The number of nitrogens with zero attached hydrogens (tertiary/aromatic N) is 2. The Kier molecular flexibility index (Phi) is 5.20. The number of hydrogen-bond acceptors (Lipinski definition) is 6. The van der Waals surface area contributed by atoms with Crippen molar-refractivity contribution in [3.8, 4) is 11.5 Å². The monoisotopic (exact) mass is 288 g/mol. The minimum Gasteiger partial charge on any atom is -0.490 e. The molecule has 0 atom stereocenters. The van der Waals surface area contributed by atoms with Crippen molar-refractivity contribution >= 4 is 17.5 Å². The topological polar surface area (TPSA) is 68.3 Å². The summed E-state index contributed by atoms with van der Waals surface area (Å²) in [5.41, 5.74) is 0.877. The van der Waals surface area contributed by atoms with Crippen molar-refractivity contribution < 1.29 is 9.47 Å². The first-order valence-electron chi connectivity index (χ1n) is 6.94. The van der Waals surface area contributed by atoms with Crippen molar-refractivity contribution in [3.05, 3.63) is 30.5 Å². The third-order valence-electron chi connectivity index (χ3n) is 2.69. The first-order chi connectivity index (χ1) is 10.3. The van der Waals surface area contributed by atoms with Gasteiger partial charge in [0.05, 0.1) is 13.2 Å². The predicted octanol–water partition coefficient (Wildman–Crippen LogP) is 3.06. The van der Waals surface area contributed by atoms with Gasteiger partial charge in [0.25, 0.3) is 0 Å². The van der Waals surface area contributed by atoms with Crippen LogP contribution in [0.1, 0.15) is 13.8 Å². The van der Waals surface area contributed by atoms with Gasteiger partial charge in [0, 0.05) is 25.0 Å². The van der Waals surface area contributed by atoms with Crippen LogP contribution in [-0.2, 0) is 0 Å². The lowest BCUT2D eigenvalue weighted by Gasteiger charge is -2.13. The third-order valence-corrected chi connectivity index (χ3v) is 2.69. The van der Waals surface area contributed by atoms with Gasteiger partial charge in [-0.05, 0) is 32.0 Å². The molecule has 0 spiro atoms. The summed E-state index contributed by atoms with van der Waals surface area (Å²) in [6.07, 6.45) is 1.69. The van der Waals surface area contributed by atoms with Gasteiger partial charge >= 0.3 is 0 Å². The maximum Gasteiger partial charge on any atom is 0.224 e. The van der Waals surface area contributed by atoms with Gasteiger partial charge in [0.15, 0.2) is 11.5 Å². The van der Waals surface area contributed by atoms with Crippen LogP contribution in [0.2, 0.25) is 0 Å². The van der Waals surface area contributed by atoms with Gasteiger partial charge < -0.3 is 20.1 Å². The largest absolute Gasteiger partial charge is 0.490 e. The lowest BCUT2D eigenvalue weighted by molar-refractivity contribution is 0.288. The van der Waals surface area contributed by atoms with Crippen LogP contribution in [0, 0.1) is 0 Å². The van der Waals surface area contributed by atoms with E-state index in [2.05, 4.69) is 20.6 Å².